The van der Waals surface area contributed by atoms with Gasteiger partial charge < -0.3 is 15.6 Å². The van der Waals surface area contributed by atoms with Gasteiger partial charge in [-0.1, -0.05) is 5.16 Å². The van der Waals surface area contributed by atoms with Gasteiger partial charge in [-0.2, -0.15) is 4.98 Å². The van der Waals surface area contributed by atoms with Crippen LogP contribution in [0.3, 0.4) is 0 Å². The summed E-state index contributed by atoms with van der Waals surface area (Å²) in [6.45, 7) is 4.09. The molecule has 0 fully saturated rings. The monoisotopic (exact) mass is 219 g/mol. The van der Waals surface area contributed by atoms with Crippen LogP contribution in [0.25, 0.3) is 0 Å². The summed E-state index contributed by atoms with van der Waals surface area (Å²) in [7, 11) is 0. The van der Waals surface area contributed by atoms with Crippen LogP contribution in [-0.2, 0) is 6.54 Å². The lowest BCUT2D eigenvalue weighted by Crippen LogP contribution is -2.06. The van der Waals surface area contributed by atoms with Crippen molar-refractivity contribution in [1.29, 1.82) is 0 Å². The highest BCUT2D eigenvalue weighted by molar-refractivity contribution is 5.61. The van der Waals surface area contributed by atoms with E-state index in [4.69, 9.17) is 10.3 Å². The zero-order valence-corrected chi connectivity index (χ0v) is 9.19. The second kappa shape index (κ2) is 4.18. The third kappa shape index (κ3) is 2.28. The Morgan fingerprint density at radius 1 is 1.31 bits per heavy atom. The SMILES string of the molecule is Cc1ccc(N)c(NCc2noc(C)n2)n1. The van der Waals surface area contributed by atoms with E-state index in [1.807, 2.05) is 19.1 Å². The molecule has 0 radical (unpaired) electrons. The first-order chi connectivity index (χ1) is 7.65. The first-order valence-corrected chi connectivity index (χ1v) is 4.91. The van der Waals surface area contributed by atoms with Crippen molar-refractivity contribution in [2.24, 2.45) is 0 Å². The van der Waals surface area contributed by atoms with Gasteiger partial charge in [0.15, 0.2) is 5.82 Å². The fraction of sp³-hybridized carbons (Fsp3) is 0.300. The molecular weight excluding hydrogens is 206 g/mol. The molecule has 2 aromatic heterocycles. The summed E-state index contributed by atoms with van der Waals surface area (Å²) in [5, 5.41) is 6.83. The van der Waals surface area contributed by atoms with E-state index in [1.54, 1.807) is 6.92 Å². The van der Waals surface area contributed by atoms with E-state index in [1.165, 1.54) is 0 Å². The van der Waals surface area contributed by atoms with Gasteiger partial charge in [0.2, 0.25) is 5.89 Å². The van der Waals surface area contributed by atoms with Crippen molar-refractivity contribution in [3.8, 4) is 0 Å². The second-order valence-electron chi connectivity index (χ2n) is 3.47. The lowest BCUT2D eigenvalue weighted by atomic mass is 10.3. The summed E-state index contributed by atoms with van der Waals surface area (Å²) in [6.07, 6.45) is 0. The molecule has 2 rings (SSSR count). The third-order valence-electron chi connectivity index (χ3n) is 2.05. The molecule has 0 aliphatic carbocycles. The Balaban J connectivity index is 2.07. The van der Waals surface area contributed by atoms with Crippen LogP contribution in [0, 0.1) is 13.8 Å². The Bertz CT molecular complexity index is 494. The zero-order chi connectivity index (χ0) is 11.5. The number of aromatic nitrogens is 3. The maximum Gasteiger partial charge on any atom is 0.223 e. The van der Waals surface area contributed by atoms with Crippen LogP contribution >= 0.6 is 0 Å². The van der Waals surface area contributed by atoms with Crippen LogP contribution in [0.4, 0.5) is 11.5 Å². The number of nitrogens with zero attached hydrogens (tertiary/aromatic N) is 3. The first kappa shape index (κ1) is 10.4. The Morgan fingerprint density at radius 3 is 2.81 bits per heavy atom. The number of hydrogen-bond donors (Lipinski definition) is 2. The predicted octanol–water partition coefficient (Wildman–Crippen LogP) is 1.28. The number of anilines is 2. The van der Waals surface area contributed by atoms with Gasteiger partial charge in [-0.15, -0.1) is 0 Å². The summed E-state index contributed by atoms with van der Waals surface area (Å²) >= 11 is 0. The Kier molecular flexibility index (Phi) is 2.72. The Hall–Kier alpha value is -2.11. The van der Waals surface area contributed by atoms with E-state index in [0.717, 1.165) is 5.69 Å². The fourth-order valence-electron chi connectivity index (χ4n) is 1.28. The second-order valence-corrected chi connectivity index (χ2v) is 3.47. The Labute approximate surface area is 92.9 Å². The molecule has 0 aliphatic rings. The number of nitrogens with one attached hydrogen (secondary N) is 1. The standard InChI is InChI=1S/C10H13N5O/c1-6-3-4-8(11)10(13-6)12-5-9-14-7(2)16-15-9/h3-4H,5,11H2,1-2H3,(H,12,13). The molecule has 0 atom stereocenters. The minimum atomic E-state index is 0.442. The number of pyridine rings is 1. The van der Waals surface area contributed by atoms with E-state index in [2.05, 4.69) is 20.4 Å². The van der Waals surface area contributed by atoms with Gasteiger partial charge in [-0.3, -0.25) is 0 Å². The molecule has 6 heteroatoms. The minimum Gasteiger partial charge on any atom is -0.396 e. The highest BCUT2D eigenvalue weighted by Crippen LogP contribution is 2.15. The van der Waals surface area contributed by atoms with Gasteiger partial charge in [0.1, 0.15) is 5.82 Å². The van der Waals surface area contributed by atoms with Crippen LogP contribution in [0.15, 0.2) is 16.7 Å². The smallest absolute Gasteiger partial charge is 0.223 e. The van der Waals surface area contributed by atoms with Gasteiger partial charge in [0, 0.05) is 12.6 Å². The van der Waals surface area contributed by atoms with Crippen molar-refractivity contribution in [2.45, 2.75) is 20.4 Å². The quantitative estimate of drug-likeness (QED) is 0.808. The maximum atomic E-state index is 5.77. The van der Waals surface area contributed by atoms with Gasteiger partial charge in [0.05, 0.1) is 12.2 Å². The normalized spacial score (nSPS) is 10.4. The van der Waals surface area contributed by atoms with Crippen molar-refractivity contribution in [3.63, 3.8) is 0 Å². The molecule has 2 heterocycles. The molecule has 0 unspecified atom stereocenters. The Morgan fingerprint density at radius 2 is 2.12 bits per heavy atom. The summed E-state index contributed by atoms with van der Waals surface area (Å²) < 4.78 is 4.85. The summed E-state index contributed by atoms with van der Waals surface area (Å²) in [5.41, 5.74) is 7.28. The molecular formula is C10H13N5O. The van der Waals surface area contributed by atoms with Crippen molar-refractivity contribution in [3.05, 3.63) is 29.5 Å². The number of nitrogens with two attached hydrogens (primary N) is 1. The minimum absolute atomic E-state index is 0.442. The maximum absolute atomic E-state index is 5.77. The largest absolute Gasteiger partial charge is 0.396 e. The molecule has 84 valence electrons. The summed E-state index contributed by atoms with van der Waals surface area (Å²) in [5.74, 6) is 1.77. The average molecular weight is 219 g/mol. The summed E-state index contributed by atoms with van der Waals surface area (Å²) in [4.78, 5) is 8.34. The molecule has 0 bridgehead atoms. The van der Waals surface area contributed by atoms with E-state index < -0.39 is 0 Å². The predicted molar refractivity (Wildman–Crippen MR) is 59.7 cm³/mol. The van der Waals surface area contributed by atoms with E-state index in [-0.39, 0.29) is 0 Å². The van der Waals surface area contributed by atoms with Crippen LogP contribution in [-0.4, -0.2) is 15.1 Å². The van der Waals surface area contributed by atoms with Gasteiger partial charge in [-0.25, -0.2) is 4.98 Å². The van der Waals surface area contributed by atoms with Crippen LogP contribution in [0.5, 0.6) is 0 Å². The molecule has 6 nitrogen and oxygen atoms in total. The zero-order valence-electron chi connectivity index (χ0n) is 9.19. The van der Waals surface area contributed by atoms with Gasteiger partial charge in [0.25, 0.3) is 0 Å². The van der Waals surface area contributed by atoms with Crippen LogP contribution < -0.4 is 11.1 Å². The van der Waals surface area contributed by atoms with Crippen molar-refractivity contribution in [2.75, 3.05) is 11.1 Å². The van der Waals surface area contributed by atoms with Gasteiger partial charge in [-0.05, 0) is 19.1 Å². The highest BCUT2D eigenvalue weighted by atomic mass is 16.5. The number of hydrogen-bond acceptors (Lipinski definition) is 6. The number of rotatable bonds is 3. The van der Waals surface area contributed by atoms with E-state index >= 15 is 0 Å². The lowest BCUT2D eigenvalue weighted by Gasteiger charge is -2.06. The van der Waals surface area contributed by atoms with Crippen LogP contribution in [0.1, 0.15) is 17.4 Å². The summed E-state index contributed by atoms with van der Waals surface area (Å²) in [6, 6.07) is 3.67. The molecule has 2 aromatic rings. The molecule has 0 amide bonds. The first-order valence-electron chi connectivity index (χ1n) is 4.91. The van der Waals surface area contributed by atoms with E-state index in [0.29, 0.717) is 29.8 Å². The lowest BCUT2D eigenvalue weighted by molar-refractivity contribution is 0.388. The molecule has 0 saturated heterocycles. The van der Waals surface area contributed by atoms with Crippen molar-refractivity contribution >= 4 is 11.5 Å². The van der Waals surface area contributed by atoms with Crippen molar-refractivity contribution in [1.82, 2.24) is 15.1 Å². The molecule has 0 aromatic carbocycles. The van der Waals surface area contributed by atoms with Crippen LogP contribution in [0.2, 0.25) is 0 Å². The van der Waals surface area contributed by atoms with Crippen molar-refractivity contribution < 1.29 is 4.52 Å². The molecule has 16 heavy (non-hydrogen) atoms. The van der Waals surface area contributed by atoms with Gasteiger partial charge >= 0.3 is 0 Å². The third-order valence-corrected chi connectivity index (χ3v) is 2.05. The molecule has 0 saturated carbocycles. The fourth-order valence-corrected chi connectivity index (χ4v) is 1.28. The molecule has 0 spiro atoms. The molecule has 0 aliphatic heterocycles. The average Bonchev–Trinajstić information content (AvgIpc) is 2.66. The highest BCUT2D eigenvalue weighted by Gasteiger charge is 2.04. The number of nitrogen functional groups attached to an aromatic ring is 1. The van der Waals surface area contributed by atoms with E-state index in [9.17, 15) is 0 Å². The topological polar surface area (TPSA) is 89.9 Å². The molecule has 3 N–H and O–H groups in total. The number of aryl methyl sites for hydroxylation is 2.